The molecule has 9 rings (SSSR count). The topological polar surface area (TPSA) is 320 Å². The number of carbonyl (C=O) groups is 6. The third-order valence-electron chi connectivity index (χ3n) is 11.9. The predicted molar refractivity (Wildman–Crippen MR) is 298 cm³/mol. The molecule has 4 unspecified atom stereocenters. The second-order valence-corrected chi connectivity index (χ2v) is 23.5. The van der Waals surface area contributed by atoms with Crippen molar-refractivity contribution in [2.45, 2.75) is 58.0 Å². The highest BCUT2D eigenvalue weighted by atomic mass is 32.1. The van der Waals surface area contributed by atoms with Crippen LogP contribution in [0, 0.1) is 12.8 Å². The Hall–Kier alpha value is -7.15. The summed E-state index contributed by atoms with van der Waals surface area (Å²) in [5.74, 6) is -3.48. The summed E-state index contributed by atoms with van der Waals surface area (Å²) in [6.45, 7) is 5.52. The lowest BCUT2D eigenvalue weighted by Crippen LogP contribution is -2.40. The van der Waals surface area contributed by atoms with Crippen LogP contribution in [0.2, 0.25) is 0 Å². The molecule has 78 heavy (non-hydrogen) atoms. The molecule has 8 heterocycles. The molecule has 0 saturated heterocycles. The van der Waals surface area contributed by atoms with Crippen LogP contribution in [-0.2, 0) is 20.9 Å². The van der Waals surface area contributed by atoms with Crippen molar-refractivity contribution in [1.29, 1.82) is 0 Å². The first-order valence-electron chi connectivity index (χ1n) is 24.0. The average molecular weight is 1170 g/mol. The lowest BCUT2D eigenvalue weighted by atomic mass is 10.0. The van der Waals surface area contributed by atoms with Gasteiger partial charge in [-0.05, 0) is 30.5 Å². The molecule has 28 heteroatoms. The molecule has 8 aromatic rings. The molecule has 0 radical (unpaired) electrons. The van der Waals surface area contributed by atoms with E-state index in [0.717, 1.165) is 11.3 Å². The van der Waals surface area contributed by atoms with Gasteiger partial charge in [-0.25, -0.2) is 34.9 Å². The fourth-order valence-electron chi connectivity index (χ4n) is 7.96. The van der Waals surface area contributed by atoms with Gasteiger partial charge in [0.05, 0.1) is 42.2 Å². The van der Waals surface area contributed by atoms with Crippen LogP contribution in [0.3, 0.4) is 0 Å². The van der Waals surface area contributed by atoms with Gasteiger partial charge in [0.1, 0.15) is 82.0 Å². The summed E-state index contributed by atoms with van der Waals surface area (Å²) < 4.78 is 5.44. The van der Waals surface area contributed by atoms with Crippen molar-refractivity contribution in [1.82, 2.24) is 66.8 Å². The number of aryl methyl sites for hydroxylation is 1. The minimum Gasteiger partial charge on any atom is -0.386 e. The number of nitrogens with one attached hydrogen (secondary N) is 6. The van der Waals surface area contributed by atoms with Gasteiger partial charge >= 0.3 is 0 Å². The minimum absolute atomic E-state index is 0.00312. The largest absolute Gasteiger partial charge is 0.386 e. The Morgan fingerprint density at radius 3 is 2.21 bits per heavy atom. The number of nitrogens with two attached hydrogens (primary N) is 1. The molecule has 0 aliphatic carbocycles. The number of thiazole rings is 6. The van der Waals surface area contributed by atoms with Crippen molar-refractivity contribution in [3.8, 4) is 43.4 Å². The first kappa shape index (κ1) is 55.6. The van der Waals surface area contributed by atoms with Crippen LogP contribution in [0.1, 0.15) is 117 Å². The number of rotatable bonds is 11. The molecule has 4 atom stereocenters. The molecule has 0 fully saturated rings. The van der Waals surface area contributed by atoms with Gasteiger partial charge in [-0.1, -0.05) is 44.2 Å². The van der Waals surface area contributed by atoms with E-state index in [1.54, 1.807) is 70.9 Å². The third-order valence-corrected chi connectivity index (χ3v) is 17.6. The van der Waals surface area contributed by atoms with E-state index >= 15 is 0 Å². The molecule has 0 spiro atoms. The number of carbonyl (C=O) groups excluding carboxylic acids is 6. The van der Waals surface area contributed by atoms with Gasteiger partial charge in [0.25, 0.3) is 23.6 Å². The zero-order valence-corrected chi connectivity index (χ0v) is 47.1. The average Bonchev–Trinajstić information content (AvgIpc) is 4.36. The number of pyridine rings is 1. The van der Waals surface area contributed by atoms with Crippen LogP contribution in [0.25, 0.3) is 43.4 Å². The Balaban J connectivity index is 1.13. The second kappa shape index (κ2) is 24.7. The van der Waals surface area contributed by atoms with E-state index in [0.29, 0.717) is 73.7 Å². The molecule has 1 aliphatic heterocycles. The Morgan fingerprint density at radius 2 is 1.45 bits per heavy atom. The first-order chi connectivity index (χ1) is 37.6. The molecule has 404 valence electrons. The molecule has 1 aromatic carbocycles. The molecule has 22 nitrogen and oxygen atoms in total. The van der Waals surface area contributed by atoms with Crippen LogP contribution in [0.15, 0.2) is 64.0 Å². The monoisotopic (exact) mass is 1170 g/mol. The van der Waals surface area contributed by atoms with Crippen LogP contribution in [0.5, 0.6) is 0 Å². The molecule has 10 bridgehead atoms. The molecular weight excluding hydrogens is 1120 g/mol. The van der Waals surface area contributed by atoms with Crippen LogP contribution >= 0.6 is 68.0 Å². The summed E-state index contributed by atoms with van der Waals surface area (Å²) in [6.07, 6.45) is -1.47. The molecule has 1 aliphatic rings. The van der Waals surface area contributed by atoms with Gasteiger partial charge in [-0.15, -0.1) is 68.0 Å². The van der Waals surface area contributed by atoms with Gasteiger partial charge in [-0.2, -0.15) is 0 Å². The predicted octanol–water partition coefficient (Wildman–Crippen LogP) is 6.00. The number of aliphatic hydroxyl groups is 1. The number of ether oxygens (including phenoxy) is 1. The lowest BCUT2D eigenvalue weighted by Gasteiger charge is -2.23. The number of nitrogens with zero attached hydrogens (tertiary/aromatic N) is 7. The molecule has 6 amide bonds. The second-order valence-electron chi connectivity index (χ2n) is 17.7. The van der Waals surface area contributed by atoms with Crippen molar-refractivity contribution >= 4 is 103 Å². The number of amides is 6. The van der Waals surface area contributed by atoms with Crippen molar-refractivity contribution in [2.75, 3.05) is 33.8 Å². The van der Waals surface area contributed by atoms with E-state index in [1.807, 2.05) is 13.8 Å². The Kier molecular flexibility index (Phi) is 17.6. The number of aromatic nitrogens is 7. The van der Waals surface area contributed by atoms with Gasteiger partial charge < -0.3 is 47.5 Å². The van der Waals surface area contributed by atoms with Crippen molar-refractivity contribution in [3.63, 3.8) is 0 Å². The van der Waals surface area contributed by atoms with Gasteiger partial charge in [0, 0.05) is 59.2 Å². The van der Waals surface area contributed by atoms with Crippen LogP contribution in [0.4, 0.5) is 0 Å². The summed E-state index contributed by atoms with van der Waals surface area (Å²) >= 11 is 7.19. The maximum Gasteiger partial charge on any atom is 0.271 e. The third kappa shape index (κ3) is 12.4. The summed E-state index contributed by atoms with van der Waals surface area (Å²) in [5, 5.41) is 37.8. The molecule has 7 aromatic heterocycles. The first-order valence-corrected chi connectivity index (χ1v) is 29.2. The fraction of sp³-hybridized carbons (Fsp3) is 0.300. The number of hydrogen-bond acceptors (Lipinski definition) is 22. The zero-order chi connectivity index (χ0) is 55.2. The van der Waals surface area contributed by atoms with E-state index in [-0.39, 0.29) is 60.7 Å². The number of methoxy groups -OCH3 is 1. The normalized spacial score (nSPS) is 16.6. The van der Waals surface area contributed by atoms with Gasteiger partial charge in [0.15, 0.2) is 0 Å². The summed E-state index contributed by atoms with van der Waals surface area (Å²) in [7, 11) is 2.95. The number of benzene rings is 1. The van der Waals surface area contributed by atoms with Crippen molar-refractivity contribution in [3.05, 3.63) is 117 Å². The highest BCUT2D eigenvalue weighted by molar-refractivity contribution is 7.15. The van der Waals surface area contributed by atoms with Crippen molar-refractivity contribution < 1.29 is 38.6 Å². The van der Waals surface area contributed by atoms with E-state index in [1.165, 1.54) is 70.8 Å². The Morgan fingerprint density at radius 1 is 0.731 bits per heavy atom. The number of hydrogen-bond donors (Lipinski definition) is 8. The quantitative estimate of drug-likeness (QED) is 0.0736. The highest BCUT2D eigenvalue weighted by Crippen LogP contribution is 2.40. The van der Waals surface area contributed by atoms with Crippen LogP contribution < -0.4 is 37.6 Å². The smallest absolute Gasteiger partial charge is 0.271 e. The van der Waals surface area contributed by atoms with E-state index in [4.69, 9.17) is 30.4 Å². The highest BCUT2D eigenvalue weighted by Gasteiger charge is 2.33. The summed E-state index contributed by atoms with van der Waals surface area (Å²) in [5.41, 5.74) is 8.58. The summed E-state index contributed by atoms with van der Waals surface area (Å²) in [6, 6.07) is 9.54. The van der Waals surface area contributed by atoms with E-state index < -0.39 is 60.3 Å². The number of aliphatic hydroxyl groups excluding tert-OH is 1. The fourth-order valence-corrected chi connectivity index (χ4v) is 13.5. The lowest BCUT2D eigenvalue weighted by molar-refractivity contribution is -0.122. The van der Waals surface area contributed by atoms with E-state index in [2.05, 4.69) is 46.9 Å². The standard InChI is InChI=1S/C50H50N14O8S6/c1-22(2)35-50-64-38(32(78-50)17-72-5)43(70)54-16-34(66)61-39(40(67)24-9-7-6-8-10-24)49-60-31(21-76-49)47-57-28(18-74-47)37-25(11-12-26(55-37)46-59-29(19-75-46)41(68)53-14-13-51)45-58-30(20-73-45)42(69)56-27(15-33(65)52-4)48-63-36(23(3)77-48)44(71)62-35/h6-12,18-22,27,35,39-40,67H,13-17,51H2,1-5H3,(H,52,65)(H,53,68)(H,54,70)(H,56,69)(H,61,66)(H,62,71). The van der Waals surface area contributed by atoms with Crippen molar-refractivity contribution in [2.24, 2.45) is 11.7 Å². The Bertz CT molecular complexity index is 3510. The SMILES string of the molecule is CNC(=O)CC1NC(=O)c2csc(n2)-c2ccc(-c3nc(C(=O)NCCN)cs3)nc2-c2csc(n2)-c2csc(n2)C(C(O)c2ccccc2)NC(=O)CNC(=O)c2nc(sc2COC)C(C(C)C)NC(=O)c2nc1sc2C. The Labute approximate surface area is 469 Å². The zero-order valence-electron chi connectivity index (χ0n) is 42.2. The maximum absolute atomic E-state index is 14.2. The van der Waals surface area contributed by atoms with E-state index in [9.17, 15) is 33.9 Å². The molecule has 0 saturated carbocycles. The molecular formula is C50H50N14O8S6. The van der Waals surface area contributed by atoms with Gasteiger partial charge in [-0.3, -0.25) is 28.8 Å². The van der Waals surface area contributed by atoms with Gasteiger partial charge in [0.2, 0.25) is 11.8 Å². The molecule has 9 N–H and O–H groups in total. The maximum atomic E-state index is 14.2. The minimum atomic E-state index is -1.27. The summed E-state index contributed by atoms with van der Waals surface area (Å²) in [4.78, 5) is 117. The number of fused-ring (bicyclic) bond motifs is 14. The van der Waals surface area contributed by atoms with Crippen LogP contribution in [-0.4, -0.2) is 109 Å².